The second-order valence-electron chi connectivity index (χ2n) is 6.05. The standard InChI is InChI=1S/C17H21ClN2O2/c1-12-7-13(10-21)5-6-20(12)9-16-11-22-17(19-16)14-3-2-4-15(18)8-14/h2-4,8,11-13,21H,5-7,9-10H2,1H3/t12-,13-/m0/s1. The Morgan fingerprint density at radius 1 is 1.45 bits per heavy atom. The summed E-state index contributed by atoms with van der Waals surface area (Å²) in [5, 5.41) is 9.96. The zero-order valence-corrected chi connectivity index (χ0v) is 13.5. The summed E-state index contributed by atoms with van der Waals surface area (Å²) in [5.41, 5.74) is 1.83. The van der Waals surface area contributed by atoms with Crippen LogP contribution in [-0.2, 0) is 6.54 Å². The highest BCUT2D eigenvalue weighted by atomic mass is 35.5. The molecule has 2 aromatic rings. The number of rotatable bonds is 4. The highest BCUT2D eigenvalue weighted by Crippen LogP contribution is 2.26. The molecule has 0 bridgehead atoms. The molecule has 1 aromatic heterocycles. The lowest BCUT2D eigenvalue weighted by molar-refractivity contribution is 0.0830. The van der Waals surface area contributed by atoms with Gasteiger partial charge in [0.15, 0.2) is 0 Å². The molecule has 0 unspecified atom stereocenters. The number of hydrogen-bond donors (Lipinski definition) is 1. The number of halogens is 1. The average Bonchev–Trinajstić information content (AvgIpc) is 2.98. The van der Waals surface area contributed by atoms with E-state index in [1.54, 1.807) is 6.26 Å². The van der Waals surface area contributed by atoms with Crippen LogP contribution in [0.15, 0.2) is 34.9 Å². The van der Waals surface area contributed by atoms with Crippen molar-refractivity contribution in [2.24, 2.45) is 5.92 Å². The number of benzene rings is 1. The number of aliphatic hydroxyl groups is 1. The second-order valence-corrected chi connectivity index (χ2v) is 6.48. The van der Waals surface area contributed by atoms with Crippen molar-refractivity contribution in [1.82, 2.24) is 9.88 Å². The van der Waals surface area contributed by atoms with Crippen molar-refractivity contribution in [1.29, 1.82) is 0 Å². The molecule has 0 spiro atoms. The van der Waals surface area contributed by atoms with Crippen LogP contribution in [0.1, 0.15) is 25.5 Å². The fraction of sp³-hybridized carbons (Fsp3) is 0.471. The Morgan fingerprint density at radius 2 is 2.32 bits per heavy atom. The maximum atomic E-state index is 9.28. The first-order valence-electron chi connectivity index (χ1n) is 7.71. The maximum Gasteiger partial charge on any atom is 0.226 e. The third-order valence-electron chi connectivity index (χ3n) is 4.37. The molecule has 1 aromatic carbocycles. The topological polar surface area (TPSA) is 49.5 Å². The second kappa shape index (κ2) is 6.82. The molecule has 22 heavy (non-hydrogen) atoms. The number of aromatic nitrogens is 1. The number of hydrogen-bond acceptors (Lipinski definition) is 4. The average molecular weight is 321 g/mol. The summed E-state index contributed by atoms with van der Waals surface area (Å²) in [6.07, 6.45) is 3.80. The first-order chi connectivity index (χ1) is 10.7. The van der Waals surface area contributed by atoms with E-state index in [1.807, 2.05) is 24.3 Å². The zero-order chi connectivity index (χ0) is 15.5. The summed E-state index contributed by atoms with van der Waals surface area (Å²) < 4.78 is 5.59. The van der Waals surface area contributed by atoms with Gasteiger partial charge in [-0.05, 0) is 50.4 Å². The monoisotopic (exact) mass is 320 g/mol. The van der Waals surface area contributed by atoms with Gasteiger partial charge in [0.05, 0.1) is 5.69 Å². The molecule has 0 saturated carbocycles. The molecule has 1 fully saturated rings. The van der Waals surface area contributed by atoms with Crippen LogP contribution >= 0.6 is 11.6 Å². The summed E-state index contributed by atoms with van der Waals surface area (Å²) >= 11 is 6.01. The van der Waals surface area contributed by atoms with Crippen molar-refractivity contribution in [3.05, 3.63) is 41.2 Å². The Hall–Kier alpha value is -1.36. The highest BCUT2D eigenvalue weighted by Gasteiger charge is 2.25. The third-order valence-corrected chi connectivity index (χ3v) is 4.60. The van der Waals surface area contributed by atoms with E-state index in [2.05, 4.69) is 16.8 Å². The molecule has 3 rings (SSSR count). The normalized spacial score (nSPS) is 22.9. The number of aliphatic hydroxyl groups excluding tert-OH is 1. The van der Waals surface area contributed by atoms with E-state index in [0.29, 0.717) is 29.5 Å². The zero-order valence-electron chi connectivity index (χ0n) is 12.7. The van der Waals surface area contributed by atoms with Gasteiger partial charge in [0.2, 0.25) is 5.89 Å². The predicted octanol–water partition coefficient (Wildman–Crippen LogP) is 3.59. The lowest BCUT2D eigenvalue weighted by atomic mass is 9.92. The number of nitrogens with zero attached hydrogens (tertiary/aromatic N) is 2. The molecule has 4 nitrogen and oxygen atoms in total. The summed E-state index contributed by atoms with van der Waals surface area (Å²) in [6, 6.07) is 7.98. The van der Waals surface area contributed by atoms with Gasteiger partial charge in [-0.3, -0.25) is 4.90 Å². The van der Waals surface area contributed by atoms with Gasteiger partial charge in [-0.15, -0.1) is 0 Å². The Morgan fingerprint density at radius 3 is 3.05 bits per heavy atom. The van der Waals surface area contributed by atoms with Crippen LogP contribution in [0.2, 0.25) is 5.02 Å². The van der Waals surface area contributed by atoms with Crippen LogP contribution in [0.4, 0.5) is 0 Å². The minimum Gasteiger partial charge on any atom is -0.444 e. The van der Waals surface area contributed by atoms with Crippen LogP contribution < -0.4 is 0 Å². The molecular weight excluding hydrogens is 300 g/mol. The molecular formula is C17H21ClN2O2. The van der Waals surface area contributed by atoms with Crippen molar-refractivity contribution in [3.8, 4) is 11.5 Å². The van der Waals surface area contributed by atoms with Crippen LogP contribution in [0.5, 0.6) is 0 Å². The van der Waals surface area contributed by atoms with Gasteiger partial charge in [-0.25, -0.2) is 4.98 Å². The fourth-order valence-corrected chi connectivity index (χ4v) is 3.25. The van der Waals surface area contributed by atoms with Crippen molar-refractivity contribution in [3.63, 3.8) is 0 Å². The van der Waals surface area contributed by atoms with E-state index >= 15 is 0 Å². The van der Waals surface area contributed by atoms with Crippen molar-refractivity contribution < 1.29 is 9.52 Å². The lowest BCUT2D eigenvalue weighted by Crippen LogP contribution is -2.41. The van der Waals surface area contributed by atoms with E-state index in [1.165, 1.54) is 0 Å². The highest BCUT2D eigenvalue weighted by molar-refractivity contribution is 6.30. The minimum atomic E-state index is 0.293. The summed E-state index contributed by atoms with van der Waals surface area (Å²) in [7, 11) is 0. The molecule has 1 saturated heterocycles. The van der Waals surface area contributed by atoms with Gasteiger partial charge in [-0.2, -0.15) is 0 Å². The third kappa shape index (κ3) is 3.51. The summed E-state index contributed by atoms with van der Waals surface area (Å²) in [6.45, 7) is 4.27. The van der Waals surface area contributed by atoms with Gasteiger partial charge < -0.3 is 9.52 Å². The first-order valence-corrected chi connectivity index (χ1v) is 8.08. The van der Waals surface area contributed by atoms with Crippen LogP contribution in [0.25, 0.3) is 11.5 Å². The SMILES string of the molecule is C[C@H]1C[C@@H](CO)CCN1Cc1coc(-c2cccc(Cl)c2)n1. The van der Waals surface area contributed by atoms with Crippen LogP contribution in [0.3, 0.4) is 0 Å². The maximum absolute atomic E-state index is 9.28. The molecule has 0 aliphatic carbocycles. The smallest absolute Gasteiger partial charge is 0.226 e. The van der Waals surface area contributed by atoms with E-state index in [-0.39, 0.29) is 0 Å². The van der Waals surface area contributed by atoms with E-state index in [4.69, 9.17) is 16.0 Å². The molecule has 1 aliphatic heterocycles. The molecule has 0 radical (unpaired) electrons. The number of oxazole rings is 1. The minimum absolute atomic E-state index is 0.293. The van der Waals surface area contributed by atoms with E-state index in [0.717, 1.165) is 37.2 Å². The van der Waals surface area contributed by atoms with Gasteiger partial charge >= 0.3 is 0 Å². The van der Waals surface area contributed by atoms with Crippen molar-refractivity contribution in [2.45, 2.75) is 32.4 Å². The van der Waals surface area contributed by atoms with Gasteiger partial charge in [-0.1, -0.05) is 17.7 Å². The van der Waals surface area contributed by atoms with Crippen LogP contribution in [0, 0.1) is 5.92 Å². The number of piperidine rings is 1. The number of likely N-dealkylation sites (tertiary alicyclic amines) is 1. The summed E-state index contributed by atoms with van der Waals surface area (Å²) in [5.74, 6) is 1.04. The van der Waals surface area contributed by atoms with E-state index < -0.39 is 0 Å². The van der Waals surface area contributed by atoms with Gasteiger partial charge in [0, 0.05) is 29.8 Å². The molecule has 2 heterocycles. The predicted molar refractivity (Wildman–Crippen MR) is 86.6 cm³/mol. The summed E-state index contributed by atoms with van der Waals surface area (Å²) in [4.78, 5) is 6.97. The Labute approximate surface area is 135 Å². The Kier molecular flexibility index (Phi) is 4.81. The van der Waals surface area contributed by atoms with Crippen molar-refractivity contribution >= 4 is 11.6 Å². The Balaban J connectivity index is 1.67. The van der Waals surface area contributed by atoms with Gasteiger partial charge in [0.25, 0.3) is 0 Å². The first kappa shape index (κ1) is 15.5. The fourth-order valence-electron chi connectivity index (χ4n) is 3.06. The molecule has 2 atom stereocenters. The molecule has 1 aliphatic rings. The van der Waals surface area contributed by atoms with E-state index in [9.17, 15) is 5.11 Å². The Bertz CT molecular complexity index is 629. The largest absolute Gasteiger partial charge is 0.444 e. The lowest BCUT2D eigenvalue weighted by Gasteiger charge is -2.36. The molecule has 118 valence electrons. The molecule has 0 amide bonds. The van der Waals surface area contributed by atoms with Crippen molar-refractivity contribution in [2.75, 3.05) is 13.2 Å². The molecule has 1 N–H and O–H groups in total. The van der Waals surface area contributed by atoms with Gasteiger partial charge in [0.1, 0.15) is 6.26 Å². The molecule has 5 heteroatoms. The van der Waals surface area contributed by atoms with Crippen LogP contribution in [-0.4, -0.2) is 34.2 Å². The quantitative estimate of drug-likeness (QED) is 0.935.